The van der Waals surface area contributed by atoms with Crippen LogP contribution in [0.15, 0.2) is 60.9 Å². The Morgan fingerprint density at radius 3 is 2.50 bits per heavy atom. The molecule has 0 spiro atoms. The maximum absolute atomic E-state index is 11.9. The highest BCUT2D eigenvalue weighted by molar-refractivity contribution is 7.20. The van der Waals surface area contributed by atoms with Gasteiger partial charge < -0.3 is 24.7 Å². The van der Waals surface area contributed by atoms with Crippen LogP contribution in [0.3, 0.4) is 0 Å². The molecule has 0 fully saturated rings. The predicted octanol–water partition coefficient (Wildman–Crippen LogP) is 5.36. The number of nitrogens with two attached hydrogens (primary N) is 1. The topological polar surface area (TPSA) is 112 Å². The number of primary amides is 1. The fourth-order valence-electron chi connectivity index (χ4n) is 4.44. The zero-order chi connectivity index (χ0) is 25.6. The van der Waals surface area contributed by atoms with Crippen molar-refractivity contribution in [3.63, 3.8) is 0 Å². The third-order valence-electron chi connectivity index (χ3n) is 6.08. The molecule has 0 unspecified atom stereocenters. The Morgan fingerprint density at radius 2 is 1.86 bits per heavy atom. The summed E-state index contributed by atoms with van der Waals surface area (Å²) in [5.74, 6) is -0.274. The second kappa shape index (κ2) is 9.01. The molecule has 8 nitrogen and oxygen atoms in total. The number of nitrogens with zero attached hydrogens (tertiary/aromatic N) is 3. The van der Waals surface area contributed by atoms with Crippen LogP contribution in [0.2, 0.25) is 0 Å². The van der Waals surface area contributed by atoms with Gasteiger partial charge in [0.25, 0.3) is 5.91 Å². The number of benzene rings is 2. The molecule has 9 heteroatoms. The van der Waals surface area contributed by atoms with Gasteiger partial charge in [0.2, 0.25) is 0 Å². The molecule has 2 aromatic carbocycles. The number of fused-ring (bicyclic) bond motifs is 1. The van der Waals surface area contributed by atoms with E-state index in [0.29, 0.717) is 17.9 Å². The highest BCUT2D eigenvalue weighted by Crippen LogP contribution is 2.39. The van der Waals surface area contributed by atoms with Gasteiger partial charge in [-0.1, -0.05) is 6.07 Å². The fourth-order valence-corrected chi connectivity index (χ4v) is 5.36. The number of ether oxygens (including phenoxy) is 1. The number of carboxylic acids is 1. The lowest BCUT2D eigenvalue weighted by Crippen LogP contribution is -2.13. The summed E-state index contributed by atoms with van der Waals surface area (Å²) in [6, 6.07) is 15.1. The van der Waals surface area contributed by atoms with E-state index < -0.39 is 11.9 Å². The van der Waals surface area contributed by atoms with Crippen LogP contribution in [0.25, 0.3) is 32.8 Å². The molecule has 0 bridgehead atoms. The standard InChI is InChI=1S/C27H24N4O4S/c1-4-35-23-12-18(6-8-20(23)26(28)32)31-21(13-24-22(31)14-25(36-24)27(33)34)19-7-5-17(11-15(19)2)30-10-9-29-16(30)3/h5-14H,4H2,1-3H3,(H2,28,32)(H,33,34). The molecule has 0 saturated heterocycles. The Bertz CT molecular complexity index is 1640. The number of carbonyl (C=O) groups is 2. The number of thiophene rings is 1. The number of hydrogen-bond acceptors (Lipinski definition) is 5. The molecule has 3 N–H and O–H groups in total. The molecule has 5 rings (SSSR count). The highest BCUT2D eigenvalue weighted by atomic mass is 32.1. The summed E-state index contributed by atoms with van der Waals surface area (Å²) in [5.41, 5.74) is 11.3. The average molecular weight is 501 g/mol. The quantitative estimate of drug-likeness (QED) is 0.313. The molecule has 0 atom stereocenters. The molecular formula is C27H24N4O4S. The largest absolute Gasteiger partial charge is 0.493 e. The Hall–Kier alpha value is -4.37. The third-order valence-corrected chi connectivity index (χ3v) is 7.14. The molecule has 0 aliphatic rings. The third kappa shape index (κ3) is 3.93. The average Bonchev–Trinajstić information content (AvgIpc) is 3.53. The number of carboxylic acid groups (broad SMARTS) is 1. The Balaban J connectivity index is 1.73. The SMILES string of the molecule is CCOc1cc(-n2c(-c3ccc(-n4ccnc4C)cc3C)cc3sc(C(=O)O)cc32)ccc1C(N)=O. The number of amides is 1. The second-order valence-electron chi connectivity index (χ2n) is 8.35. The van der Waals surface area contributed by atoms with Gasteiger partial charge in [0.1, 0.15) is 16.5 Å². The van der Waals surface area contributed by atoms with Crippen LogP contribution in [0.4, 0.5) is 0 Å². The van der Waals surface area contributed by atoms with Crippen molar-refractivity contribution in [1.82, 2.24) is 14.1 Å². The smallest absolute Gasteiger partial charge is 0.345 e. The van der Waals surface area contributed by atoms with Gasteiger partial charge in [0.05, 0.1) is 28.1 Å². The summed E-state index contributed by atoms with van der Waals surface area (Å²) in [7, 11) is 0. The van der Waals surface area contributed by atoms with E-state index in [2.05, 4.69) is 17.1 Å². The first-order valence-corrected chi connectivity index (χ1v) is 12.2. The van der Waals surface area contributed by atoms with Crippen LogP contribution >= 0.6 is 11.3 Å². The van der Waals surface area contributed by atoms with Gasteiger partial charge in [-0.2, -0.15) is 0 Å². The van der Waals surface area contributed by atoms with Crippen LogP contribution in [0.5, 0.6) is 5.75 Å². The number of imidazole rings is 1. The van der Waals surface area contributed by atoms with E-state index in [9.17, 15) is 14.7 Å². The minimum Gasteiger partial charge on any atom is -0.493 e. The molecule has 0 saturated carbocycles. The number of carbonyl (C=O) groups excluding carboxylic acids is 1. The van der Waals surface area contributed by atoms with Gasteiger partial charge in [0, 0.05) is 35.4 Å². The number of rotatable bonds is 7. The Kier molecular flexibility index (Phi) is 5.85. The predicted molar refractivity (Wildman–Crippen MR) is 140 cm³/mol. The summed E-state index contributed by atoms with van der Waals surface area (Å²) in [5, 5.41) is 9.57. The molecule has 3 heterocycles. The first-order chi connectivity index (χ1) is 17.3. The Labute approximate surface area is 211 Å². The van der Waals surface area contributed by atoms with Gasteiger partial charge in [0.15, 0.2) is 0 Å². The first-order valence-electron chi connectivity index (χ1n) is 11.4. The lowest BCUT2D eigenvalue weighted by Gasteiger charge is -2.16. The van der Waals surface area contributed by atoms with Gasteiger partial charge in [-0.25, -0.2) is 9.78 Å². The van der Waals surface area contributed by atoms with Crippen LogP contribution in [0.1, 0.15) is 38.3 Å². The van der Waals surface area contributed by atoms with Crippen molar-refractivity contribution >= 4 is 33.4 Å². The van der Waals surface area contributed by atoms with Crippen molar-refractivity contribution in [2.24, 2.45) is 5.73 Å². The maximum atomic E-state index is 11.9. The van der Waals surface area contributed by atoms with Crippen LogP contribution in [-0.2, 0) is 0 Å². The molecule has 1 amide bonds. The van der Waals surface area contributed by atoms with Gasteiger partial charge >= 0.3 is 5.97 Å². The Morgan fingerprint density at radius 1 is 1.08 bits per heavy atom. The molecule has 5 aromatic rings. The van der Waals surface area contributed by atoms with Crippen LogP contribution in [0, 0.1) is 13.8 Å². The molecule has 0 aliphatic heterocycles. The van der Waals surface area contributed by atoms with E-state index in [-0.39, 0.29) is 4.88 Å². The summed E-state index contributed by atoms with van der Waals surface area (Å²) in [6.07, 6.45) is 3.69. The van der Waals surface area contributed by atoms with Crippen molar-refractivity contribution in [1.29, 1.82) is 0 Å². The van der Waals surface area contributed by atoms with Crippen molar-refractivity contribution < 1.29 is 19.4 Å². The van der Waals surface area contributed by atoms with E-state index in [1.807, 2.05) is 48.2 Å². The normalized spacial score (nSPS) is 11.2. The summed E-state index contributed by atoms with van der Waals surface area (Å²) < 4.78 is 10.6. The van der Waals surface area contributed by atoms with E-state index in [0.717, 1.165) is 44.2 Å². The fraction of sp³-hybridized carbons (Fsp3) is 0.148. The molecule has 0 radical (unpaired) electrons. The summed E-state index contributed by atoms with van der Waals surface area (Å²) in [6.45, 7) is 6.20. The van der Waals surface area contributed by atoms with Crippen molar-refractivity contribution in [3.8, 4) is 28.4 Å². The zero-order valence-electron chi connectivity index (χ0n) is 20.0. The molecule has 182 valence electrons. The summed E-state index contributed by atoms with van der Waals surface area (Å²) >= 11 is 1.22. The molecule has 36 heavy (non-hydrogen) atoms. The lowest BCUT2D eigenvalue weighted by atomic mass is 10.0. The first kappa shape index (κ1) is 23.4. The monoisotopic (exact) mass is 500 g/mol. The molecule has 0 aliphatic carbocycles. The molecular weight excluding hydrogens is 476 g/mol. The number of aromatic carboxylic acids is 1. The highest BCUT2D eigenvalue weighted by Gasteiger charge is 2.21. The van der Waals surface area contributed by atoms with Gasteiger partial charge in [-0.3, -0.25) is 4.79 Å². The maximum Gasteiger partial charge on any atom is 0.345 e. The van der Waals surface area contributed by atoms with E-state index >= 15 is 0 Å². The lowest BCUT2D eigenvalue weighted by molar-refractivity contribution is 0.0702. The van der Waals surface area contributed by atoms with E-state index in [4.69, 9.17) is 10.5 Å². The summed E-state index contributed by atoms with van der Waals surface area (Å²) in [4.78, 5) is 28.2. The van der Waals surface area contributed by atoms with E-state index in [1.165, 1.54) is 11.3 Å². The van der Waals surface area contributed by atoms with Crippen LogP contribution in [-0.4, -0.2) is 37.7 Å². The number of aryl methyl sites for hydroxylation is 2. The van der Waals surface area contributed by atoms with Crippen molar-refractivity contribution in [2.75, 3.05) is 6.61 Å². The number of aromatic nitrogens is 3. The van der Waals surface area contributed by atoms with Crippen LogP contribution < -0.4 is 10.5 Å². The minimum atomic E-state index is -0.973. The van der Waals surface area contributed by atoms with Crippen molar-refractivity contribution in [2.45, 2.75) is 20.8 Å². The van der Waals surface area contributed by atoms with Crippen molar-refractivity contribution in [3.05, 3.63) is 82.8 Å². The number of hydrogen-bond donors (Lipinski definition) is 2. The molecule has 3 aromatic heterocycles. The second-order valence-corrected chi connectivity index (χ2v) is 9.44. The minimum absolute atomic E-state index is 0.252. The zero-order valence-corrected chi connectivity index (χ0v) is 20.8. The van der Waals surface area contributed by atoms with Gasteiger partial charge in [-0.15, -0.1) is 11.3 Å². The van der Waals surface area contributed by atoms with E-state index in [1.54, 1.807) is 30.5 Å². The van der Waals surface area contributed by atoms with Gasteiger partial charge in [-0.05, 0) is 62.7 Å².